The lowest BCUT2D eigenvalue weighted by Crippen LogP contribution is -2.23. The average Bonchev–Trinajstić information content (AvgIpc) is 3.37. The second kappa shape index (κ2) is 10.8. The average molecular weight is 453 g/mol. The van der Waals surface area contributed by atoms with Crippen LogP contribution < -0.4 is 4.74 Å². The smallest absolute Gasteiger partial charge is 0.157 e. The van der Waals surface area contributed by atoms with Gasteiger partial charge in [0.2, 0.25) is 0 Å². The number of hydrogen-bond donors (Lipinski definition) is 0. The number of hydrogen-bond acceptors (Lipinski definition) is 7. The van der Waals surface area contributed by atoms with Gasteiger partial charge in [0.15, 0.2) is 6.29 Å². The Kier molecular flexibility index (Phi) is 7.60. The van der Waals surface area contributed by atoms with E-state index in [0.717, 1.165) is 58.3 Å². The van der Waals surface area contributed by atoms with Gasteiger partial charge in [-0.15, -0.1) is 23.1 Å². The molecule has 1 aliphatic heterocycles. The number of thioether (sulfide) groups is 1. The normalized spacial score (nSPS) is 16.1. The monoisotopic (exact) mass is 452 g/mol. The van der Waals surface area contributed by atoms with Crippen LogP contribution in [0.3, 0.4) is 0 Å². The summed E-state index contributed by atoms with van der Waals surface area (Å²) in [5, 5.41) is 12.7. The van der Waals surface area contributed by atoms with Gasteiger partial charge in [-0.05, 0) is 54.5 Å². The van der Waals surface area contributed by atoms with Crippen molar-refractivity contribution >= 4 is 23.1 Å². The Labute approximate surface area is 191 Å². The van der Waals surface area contributed by atoms with E-state index < -0.39 is 0 Å². The molecule has 160 valence electrons. The van der Waals surface area contributed by atoms with Gasteiger partial charge in [0.05, 0.1) is 29.9 Å². The maximum absolute atomic E-state index is 9.97. The van der Waals surface area contributed by atoms with Crippen molar-refractivity contribution in [2.45, 2.75) is 30.6 Å². The predicted molar refractivity (Wildman–Crippen MR) is 125 cm³/mol. The number of nitriles is 1. The molecule has 3 heterocycles. The van der Waals surface area contributed by atoms with Gasteiger partial charge >= 0.3 is 0 Å². The van der Waals surface area contributed by atoms with E-state index in [1.165, 1.54) is 0 Å². The number of rotatable bonds is 8. The van der Waals surface area contributed by atoms with Crippen molar-refractivity contribution in [1.82, 2.24) is 4.98 Å². The van der Waals surface area contributed by atoms with Crippen LogP contribution in [0.1, 0.15) is 24.8 Å². The Morgan fingerprint density at radius 3 is 2.81 bits per heavy atom. The maximum Gasteiger partial charge on any atom is 0.157 e. The number of benzene rings is 1. The molecule has 0 bridgehead atoms. The van der Waals surface area contributed by atoms with Gasteiger partial charge in [0.25, 0.3) is 0 Å². The molecule has 0 amide bonds. The molecule has 1 atom stereocenters. The van der Waals surface area contributed by atoms with Crippen molar-refractivity contribution in [2.24, 2.45) is 0 Å². The van der Waals surface area contributed by atoms with Crippen LogP contribution in [0.4, 0.5) is 0 Å². The molecule has 7 heteroatoms. The minimum Gasteiger partial charge on any atom is -0.497 e. The zero-order chi connectivity index (χ0) is 21.5. The second-order valence-corrected chi connectivity index (χ2v) is 9.10. The molecule has 4 rings (SSSR count). The van der Waals surface area contributed by atoms with Crippen molar-refractivity contribution in [1.29, 1.82) is 5.26 Å². The van der Waals surface area contributed by atoms with E-state index in [1.807, 2.05) is 41.8 Å². The van der Waals surface area contributed by atoms with E-state index in [9.17, 15) is 5.26 Å². The minimum atomic E-state index is -0.106. The van der Waals surface area contributed by atoms with Crippen LogP contribution in [-0.2, 0) is 9.47 Å². The van der Waals surface area contributed by atoms with Crippen LogP contribution in [0, 0.1) is 11.3 Å². The molecule has 5 nitrogen and oxygen atoms in total. The Bertz CT molecular complexity index is 1020. The summed E-state index contributed by atoms with van der Waals surface area (Å²) in [5.74, 6) is 1.49. The van der Waals surface area contributed by atoms with Gasteiger partial charge in [0.1, 0.15) is 16.8 Å². The van der Waals surface area contributed by atoms with Crippen molar-refractivity contribution in [3.05, 3.63) is 53.4 Å². The standard InChI is InChI=1S/C24H24N2O3S2/c1-27-18-9-7-17(8-10-18)19-15-21(22-5-4-13-30-22)26-24(20(19)16-25)31-14-12-29-23-6-2-3-11-28-23/h4-5,7-10,13,15,23H,2-3,6,11-12,14H2,1H3/t23-/m1/s1. The number of aromatic nitrogens is 1. The summed E-state index contributed by atoms with van der Waals surface area (Å²) in [4.78, 5) is 5.91. The number of thiophene rings is 1. The molecule has 0 radical (unpaired) electrons. The highest BCUT2D eigenvalue weighted by atomic mass is 32.2. The molecule has 0 unspecified atom stereocenters. The zero-order valence-corrected chi connectivity index (χ0v) is 19.0. The highest BCUT2D eigenvalue weighted by molar-refractivity contribution is 7.99. The molecule has 1 fully saturated rings. The first kappa shape index (κ1) is 21.8. The van der Waals surface area contributed by atoms with Crippen molar-refractivity contribution in [2.75, 3.05) is 26.1 Å². The van der Waals surface area contributed by atoms with Crippen molar-refractivity contribution < 1.29 is 14.2 Å². The third-order valence-electron chi connectivity index (χ3n) is 5.04. The summed E-state index contributed by atoms with van der Waals surface area (Å²) in [7, 11) is 1.65. The van der Waals surface area contributed by atoms with Crippen LogP contribution >= 0.6 is 23.1 Å². The molecular formula is C24H24N2O3S2. The van der Waals surface area contributed by atoms with E-state index in [2.05, 4.69) is 12.1 Å². The second-order valence-electron chi connectivity index (χ2n) is 7.07. The highest BCUT2D eigenvalue weighted by Crippen LogP contribution is 2.36. The lowest BCUT2D eigenvalue weighted by molar-refractivity contribution is -0.158. The molecule has 3 aromatic rings. The number of pyridine rings is 1. The molecule has 2 aromatic heterocycles. The third-order valence-corrected chi connectivity index (χ3v) is 6.87. The van der Waals surface area contributed by atoms with E-state index in [4.69, 9.17) is 19.2 Å². The summed E-state index contributed by atoms with van der Waals surface area (Å²) in [6, 6.07) is 16.2. The van der Waals surface area contributed by atoms with Crippen molar-refractivity contribution in [3.8, 4) is 33.5 Å². The predicted octanol–water partition coefficient (Wildman–Crippen LogP) is 5.99. The van der Waals surface area contributed by atoms with E-state index in [1.54, 1.807) is 30.2 Å². The van der Waals surface area contributed by atoms with E-state index >= 15 is 0 Å². The largest absolute Gasteiger partial charge is 0.497 e. The maximum atomic E-state index is 9.97. The highest BCUT2D eigenvalue weighted by Gasteiger charge is 2.17. The van der Waals surface area contributed by atoms with E-state index in [-0.39, 0.29) is 6.29 Å². The summed E-state index contributed by atoms with van der Waals surface area (Å²) < 4.78 is 16.8. The Morgan fingerprint density at radius 1 is 1.26 bits per heavy atom. The summed E-state index contributed by atoms with van der Waals surface area (Å²) >= 11 is 3.19. The molecule has 0 saturated carbocycles. The summed E-state index contributed by atoms with van der Waals surface area (Å²) in [6.07, 6.45) is 3.09. The molecule has 0 N–H and O–H groups in total. The number of methoxy groups -OCH3 is 1. The van der Waals surface area contributed by atoms with Gasteiger partial charge in [0, 0.05) is 17.9 Å². The fourth-order valence-corrected chi connectivity index (χ4v) is 4.97. The molecule has 0 spiro atoms. The Balaban J connectivity index is 1.59. The topological polar surface area (TPSA) is 64.4 Å². The first-order valence-electron chi connectivity index (χ1n) is 10.3. The fourth-order valence-electron chi connectivity index (χ4n) is 3.44. The van der Waals surface area contributed by atoms with Gasteiger partial charge in [-0.1, -0.05) is 18.2 Å². The van der Waals surface area contributed by atoms with Gasteiger partial charge in [-0.25, -0.2) is 4.98 Å². The fraction of sp³-hybridized carbons (Fsp3) is 0.333. The Hall–Kier alpha value is -2.37. The molecule has 1 aromatic carbocycles. The summed E-state index contributed by atoms with van der Waals surface area (Å²) in [5.41, 5.74) is 3.30. The first-order chi connectivity index (χ1) is 15.3. The summed E-state index contributed by atoms with van der Waals surface area (Å²) in [6.45, 7) is 1.33. The van der Waals surface area contributed by atoms with Crippen LogP contribution in [0.5, 0.6) is 5.75 Å². The SMILES string of the molecule is COc1ccc(-c2cc(-c3cccs3)nc(SCCO[C@@H]3CCCCO3)c2C#N)cc1. The lowest BCUT2D eigenvalue weighted by atomic mass is 10.0. The number of nitrogens with zero attached hydrogens (tertiary/aromatic N) is 2. The number of ether oxygens (including phenoxy) is 3. The molecule has 0 aliphatic carbocycles. The van der Waals surface area contributed by atoms with Gasteiger partial charge < -0.3 is 14.2 Å². The lowest BCUT2D eigenvalue weighted by Gasteiger charge is -2.22. The third kappa shape index (κ3) is 5.46. The van der Waals surface area contributed by atoms with Crippen LogP contribution in [0.2, 0.25) is 0 Å². The molecule has 1 aliphatic rings. The van der Waals surface area contributed by atoms with Gasteiger partial charge in [-0.2, -0.15) is 5.26 Å². The molecular weight excluding hydrogens is 428 g/mol. The van der Waals surface area contributed by atoms with Crippen LogP contribution in [0.25, 0.3) is 21.7 Å². The molecule has 1 saturated heterocycles. The molecule has 31 heavy (non-hydrogen) atoms. The van der Waals surface area contributed by atoms with E-state index in [0.29, 0.717) is 17.9 Å². The minimum absolute atomic E-state index is 0.106. The van der Waals surface area contributed by atoms with Crippen molar-refractivity contribution in [3.63, 3.8) is 0 Å². The zero-order valence-electron chi connectivity index (χ0n) is 17.4. The van der Waals surface area contributed by atoms with Crippen LogP contribution in [-0.4, -0.2) is 37.4 Å². The van der Waals surface area contributed by atoms with Gasteiger partial charge in [-0.3, -0.25) is 0 Å². The first-order valence-corrected chi connectivity index (χ1v) is 12.1. The van der Waals surface area contributed by atoms with Crippen LogP contribution in [0.15, 0.2) is 52.9 Å². The Morgan fingerprint density at radius 2 is 2.13 bits per heavy atom. The quantitative estimate of drug-likeness (QED) is 0.309.